The van der Waals surface area contributed by atoms with Crippen LogP contribution in [0.2, 0.25) is 0 Å². The van der Waals surface area contributed by atoms with E-state index >= 15 is 0 Å². The summed E-state index contributed by atoms with van der Waals surface area (Å²) in [5.74, 6) is 0.789. The van der Waals surface area contributed by atoms with Crippen LogP contribution in [0.3, 0.4) is 0 Å². The first kappa shape index (κ1) is 12.2. The second kappa shape index (κ2) is 6.73. The van der Waals surface area contributed by atoms with Gasteiger partial charge in [-0.2, -0.15) is 0 Å². The molecule has 0 radical (unpaired) electrons. The van der Waals surface area contributed by atoms with E-state index in [1.807, 2.05) is 0 Å². The highest BCUT2D eigenvalue weighted by atomic mass is 35.5. The summed E-state index contributed by atoms with van der Waals surface area (Å²) in [5.41, 5.74) is 0.407. The van der Waals surface area contributed by atoms with E-state index in [4.69, 9.17) is 11.6 Å². The van der Waals surface area contributed by atoms with Gasteiger partial charge in [-0.25, -0.2) is 0 Å². The van der Waals surface area contributed by atoms with Gasteiger partial charge in [0.1, 0.15) is 0 Å². The smallest absolute Gasteiger partial charge is 0.0223 e. The van der Waals surface area contributed by atoms with Crippen LogP contribution in [0.25, 0.3) is 0 Å². The fraction of sp³-hybridized carbons (Fsp3) is 1.00. The Bertz CT molecular complexity index is 102. The summed E-state index contributed by atoms with van der Waals surface area (Å²) in [4.78, 5) is 0. The van der Waals surface area contributed by atoms with Gasteiger partial charge in [-0.3, -0.25) is 0 Å². The summed E-state index contributed by atoms with van der Waals surface area (Å²) in [5, 5.41) is 3.44. The van der Waals surface area contributed by atoms with Crippen LogP contribution in [0.1, 0.15) is 40.0 Å². The van der Waals surface area contributed by atoms with Crippen molar-refractivity contribution in [2.24, 2.45) is 5.41 Å². The van der Waals surface area contributed by atoms with Crippen LogP contribution >= 0.6 is 11.6 Å². The molecule has 12 heavy (non-hydrogen) atoms. The van der Waals surface area contributed by atoms with Gasteiger partial charge < -0.3 is 5.32 Å². The molecule has 0 aliphatic carbocycles. The Labute approximate surface area is 81.9 Å². The summed E-state index contributed by atoms with van der Waals surface area (Å²) in [6.45, 7) is 9.02. The quantitative estimate of drug-likeness (QED) is 0.482. The predicted octanol–water partition coefficient (Wildman–Crippen LogP) is 3.03. The van der Waals surface area contributed by atoms with Gasteiger partial charge in [0, 0.05) is 12.4 Å². The van der Waals surface area contributed by atoms with Crippen molar-refractivity contribution in [3.8, 4) is 0 Å². The molecule has 74 valence electrons. The zero-order valence-corrected chi connectivity index (χ0v) is 9.38. The Balaban J connectivity index is 3.42. The molecule has 0 aromatic carbocycles. The van der Waals surface area contributed by atoms with E-state index in [1.54, 1.807) is 0 Å². The summed E-state index contributed by atoms with van der Waals surface area (Å²) in [7, 11) is 0. The van der Waals surface area contributed by atoms with E-state index in [-0.39, 0.29) is 0 Å². The molecule has 0 aromatic heterocycles. The second-order valence-electron chi connectivity index (χ2n) is 4.13. The lowest BCUT2D eigenvalue weighted by molar-refractivity contribution is 0.312. The van der Waals surface area contributed by atoms with Crippen LogP contribution in [-0.2, 0) is 0 Å². The molecule has 0 atom stereocenters. The third-order valence-electron chi connectivity index (χ3n) is 2.02. The maximum atomic E-state index is 5.65. The van der Waals surface area contributed by atoms with Gasteiger partial charge in [-0.1, -0.05) is 20.8 Å². The van der Waals surface area contributed by atoms with E-state index in [1.165, 1.54) is 12.8 Å². The van der Waals surface area contributed by atoms with Crippen molar-refractivity contribution in [2.75, 3.05) is 19.0 Å². The molecule has 0 fully saturated rings. The molecule has 1 N–H and O–H groups in total. The largest absolute Gasteiger partial charge is 0.316 e. The SMILES string of the molecule is CCCNCC(C)(C)CCCCl. The van der Waals surface area contributed by atoms with Crippen LogP contribution < -0.4 is 5.32 Å². The maximum absolute atomic E-state index is 5.65. The van der Waals surface area contributed by atoms with Crippen molar-refractivity contribution in [1.82, 2.24) is 5.32 Å². The molecule has 0 aliphatic rings. The topological polar surface area (TPSA) is 12.0 Å². The van der Waals surface area contributed by atoms with Crippen LogP contribution in [0.4, 0.5) is 0 Å². The molecule has 0 saturated heterocycles. The van der Waals surface area contributed by atoms with Crippen LogP contribution in [-0.4, -0.2) is 19.0 Å². The third-order valence-corrected chi connectivity index (χ3v) is 2.28. The van der Waals surface area contributed by atoms with Gasteiger partial charge in [-0.15, -0.1) is 11.6 Å². The first-order chi connectivity index (χ1) is 5.62. The lowest BCUT2D eigenvalue weighted by Crippen LogP contribution is -2.29. The van der Waals surface area contributed by atoms with Gasteiger partial charge in [0.15, 0.2) is 0 Å². The van der Waals surface area contributed by atoms with Gasteiger partial charge in [-0.05, 0) is 31.2 Å². The second-order valence-corrected chi connectivity index (χ2v) is 4.51. The molecule has 0 spiro atoms. The van der Waals surface area contributed by atoms with Gasteiger partial charge in [0.2, 0.25) is 0 Å². The molecular weight excluding hydrogens is 170 g/mol. The van der Waals surface area contributed by atoms with Crippen LogP contribution in [0, 0.1) is 5.41 Å². The van der Waals surface area contributed by atoms with Crippen LogP contribution in [0.5, 0.6) is 0 Å². The normalized spacial score (nSPS) is 12.0. The highest BCUT2D eigenvalue weighted by Crippen LogP contribution is 2.21. The Morgan fingerprint density at radius 2 is 2.00 bits per heavy atom. The molecule has 0 aromatic rings. The number of hydrogen-bond donors (Lipinski definition) is 1. The molecule has 0 unspecified atom stereocenters. The van der Waals surface area contributed by atoms with E-state index in [0.717, 1.165) is 25.4 Å². The summed E-state index contributed by atoms with van der Waals surface area (Å²) in [6, 6.07) is 0. The van der Waals surface area contributed by atoms with Gasteiger partial charge >= 0.3 is 0 Å². The minimum Gasteiger partial charge on any atom is -0.316 e. The molecule has 0 heterocycles. The Kier molecular flexibility index (Phi) is 6.87. The highest BCUT2D eigenvalue weighted by molar-refractivity contribution is 6.17. The molecule has 2 heteroatoms. The van der Waals surface area contributed by atoms with E-state index in [0.29, 0.717) is 5.41 Å². The predicted molar refractivity (Wildman–Crippen MR) is 56.9 cm³/mol. The molecule has 0 amide bonds. The van der Waals surface area contributed by atoms with E-state index in [9.17, 15) is 0 Å². The molecular formula is C10H22ClN. The fourth-order valence-electron chi connectivity index (χ4n) is 1.24. The number of alkyl halides is 1. The molecule has 1 nitrogen and oxygen atoms in total. The van der Waals surface area contributed by atoms with Crippen molar-refractivity contribution in [3.63, 3.8) is 0 Å². The fourth-order valence-corrected chi connectivity index (χ4v) is 1.37. The van der Waals surface area contributed by atoms with Crippen molar-refractivity contribution in [2.45, 2.75) is 40.0 Å². The Morgan fingerprint density at radius 3 is 2.50 bits per heavy atom. The lowest BCUT2D eigenvalue weighted by atomic mass is 9.88. The lowest BCUT2D eigenvalue weighted by Gasteiger charge is -2.24. The summed E-state index contributed by atoms with van der Waals surface area (Å²) < 4.78 is 0. The molecule has 0 rings (SSSR count). The molecule has 0 saturated carbocycles. The minimum atomic E-state index is 0.407. The first-order valence-electron chi connectivity index (χ1n) is 4.89. The van der Waals surface area contributed by atoms with E-state index < -0.39 is 0 Å². The average Bonchev–Trinajstić information content (AvgIpc) is 2.01. The Hall–Kier alpha value is 0.250. The summed E-state index contributed by atoms with van der Waals surface area (Å²) >= 11 is 5.65. The average molecular weight is 192 g/mol. The van der Waals surface area contributed by atoms with Crippen molar-refractivity contribution in [1.29, 1.82) is 0 Å². The molecule has 0 bridgehead atoms. The number of nitrogens with one attached hydrogen (secondary N) is 1. The minimum absolute atomic E-state index is 0.407. The third kappa shape index (κ3) is 6.93. The number of rotatable bonds is 7. The first-order valence-corrected chi connectivity index (χ1v) is 5.42. The van der Waals surface area contributed by atoms with Crippen LogP contribution in [0.15, 0.2) is 0 Å². The van der Waals surface area contributed by atoms with E-state index in [2.05, 4.69) is 26.1 Å². The van der Waals surface area contributed by atoms with Crippen molar-refractivity contribution >= 4 is 11.6 Å². The monoisotopic (exact) mass is 191 g/mol. The number of hydrogen-bond acceptors (Lipinski definition) is 1. The Morgan fingerprint density at radius 1 is 1.33 bits per heavy atom. The molecule has 0 aliphatic heterocycles. The van der Waals surface area contributed by atoms with Gasteiger partial charge in [0.25, 0.3) is 0 Å². The van der Waals surface area contributed by atoms with Crippen molar-refractivity contribution in [3.05, 3.63) is 0 Å². The zero-order valence-electron chi connectivity index (χ0n) is 8.62. The summed E-state index contributed by atoms with van der Waals surface area (Å²) in [6.07, 6.45) is 3.56. The standard InChI is InChI=1S/C10H22ClN/c1-4-8-12-9-10(2,3)6-5-7-11/h12H,4-9H2,1-3H3. The van der Waals surface area contributed by atoms with Gasteiger partial charge in [0.05, 0.1) is 0 Å². The zero-order chi connectivity index (χ0) is 9.45. The highest BCUT2D eigenvalue weighted by Gasteiger charge is 2.15. The maximum Gasteiger partial charge on any atom is 0.0223 e. The number of halogens is 1. The van der Waals surface area contributed by atoms with Crippen molar-refractivity contribution < 1.29 is 0 Å².